The maximum Gasteiger partial charge on any atom is 0.329 e. The summed E-state index contributed by atoms with van der Waals surface area (Å²) in [6.45, 7) is 0.831. The summed E-state index contributed by atoms with van der Waals surface area (Å²) in [6.07, 6.45) is 3.44. The van der Waals surface area contributed by atoms with Crippen LogP contribution in [0.15, 0.2) is 6.20 Å². The molecule has 1 aliphatic heterocycles. The second-order valence-electron chi connectivity index (χ2n) is 4.80. The third kappa shape index (κ3) is 3.76. The van der Waals surface area contributed by atoms with E-state index in [1.54, 1.807) is 0 Å². The van der Waals surface area contributed by atoms with Crippen LogP contribution in [-0.4, -0.2) is 53.0 Å². The van der Waals surface area contributed by atoms with Crippen molar-refractivity contribution in [3.63, 3.8) is 0 Å². The molecule has 1 aromatic rings. The van der Waals surface area contributed by atoms with E-state index >= 15 is 0 Å². The van der Waals surface area contributed by atoms with Gasteiger partial charge in [0.25, 0.3) is 0 Å². The van der Waals surface area contributed by atoms with E-state index in [9.17, 15) is 18.5 Å². The van der Waals surface area contributed by atoms with Crippen molar-refractivity contribution in [1.82, 2.24) is 14.3 Å². The molecular formula is C10H16N6O4S. The summed E-state index contributed by atoms with van der Waals surface area (Å²) in [7, 11) is -3.16. The minimum atomic E-state index is -3.16. The van der Waals surface area contributed by atoms with Crippen LogP contribution in [-0.2, 0) is 10.0 Å². The van der Waals surface area contributed by atoms with Crippen molar-refractivity contribution in [1.29, 1.82) is 0 Å². The van der Waals surface area contributed by atoms with Gasteiger partial charge in [0.05, 0.1) is 11.2 Å². The molecule has 11 heteroatoms. The summed E-state index contributed by atoms with van der Waals surface area (Å²) in [4.78, 5) is 17.7. The van der Waals surface area contributed by atoms with Crippen molar-refractivity contribution in [3.8, 4) is 0 Å². The molecular weight excluding hydrogens is 300 g/mol. The molecule has 2 heterocycles. The van der Waals surface area contributed by atoms with Gasteiger partial charge >= 0.3 is 5.69 Å². The Morgan fingerprint density at radius 1 is 1.48 bits per heavy atom. The summed E-state index contributed by atoms with van der Waals surface area (Å²) in [5, 5.41) is 13.6. The van der Waals surface area contributed by atoms with E-state index in [2.05, 4.69) is 15.3 Å². The minimum Gasteiger partial charge on any atom is -0.378 e. The summed E-state index contributed by atoms with van der Waals surface area (Å²) >= 11 is 0. The van der Waals surface area contributed by atoms with E-state index < -0.39 is 14.9 Å². The summed E-state index contributed by atoms with van der Waals surface area (Å²) < 4.78 is 24.2. The van der Waals surface area contributed by atoms with Crippen molar-refractivity contribution < 1.29 is 13.3 Å². The number of nitrogens with zero attached hydrogens (tertiary/aromatic N) is 4. The molecule has 116 valence electrons. The molecule has 3 N–H and O–H groups in total. The third-order valence-electron chi connectivity index (χ3n) is 3.25. The zero-order valence-corrected chi connectivity index (χ0v) is 12.2. The van der Waals surface area contributed by atoms with Crippen LogP contribution in [0.25, 0.3) is 0 Å². The van der Waals surface area contributed by atoms with Gasteiger partial charge < -0.3 is 11.1 Å². The van der Waals surface area contributed by atoms with Crippen LogP contribution in [0, 0.1) is 10.1 Å². The first kappa shape index (κ1) is 15.4. The Morgan fingerprint density at radius 3 is 2.57 bits per heavy atom. The van der Waals surface area contributed by atoms with Gasteiger partial charge in [-0.1, -0.05) is 0 Å². The molecule has 0 bridgehead atoms. The molecule has 1 aliphatic rings. The monoisotopic (exact) mass is 316 g/mol. The smallest absolute Gasteiger partial charge is 0.329 e. The molecule has 2 rings (SSSR count). The van der Waals surface area contributed by atoms with Gasteiger partial charge in [0.15, 0.2) is 0 Å². The number of nitrogen functional groups attached to an aromatic ring is 1. The fourth-order valence-corrected chi connectivity index (χ4v) is 2.99. The van der Waals surface area contributed by atoms with E-state index in [1.165, 1.54) is 10.6 Å². The first-order valence-electron chi connectivity index (χ1n) is 6.26. The Morgan fingerprint density at radius 2 is 2.10 bits per heavy atom. The van der Waals surface area contributed by atoms with Crippen LogP contribution in [0.2, 0.25) is 0 Å². The number of nitrogens with two attached hydrogens (primary N) is 1. The highest BCUT2D eigenvalue weighted by Gasteiger charge is 2.25. The molecule has 0 atom stereocenters. The number of hydrogen-bond acceptors (Lipinski definition) is 8. The fourth-order valence-electron chi connectivity index (χ4n) is 2.11. The molecule has 0 aromatic carbocycles. The number of anilines is 2. The zero-order valence-electron chi connectivity index (χ0n) is 11.4. The highest BCUT2D eigenvalue weighted by molar-refractivity contribution is 7.88. The molecule has 21 heavy (non-hydrogen) atoms. The Hall–Kier alpha value is -2.01. The van der Waals surface area contributed by atoms with Crippen LogP contribution < -0.4 is 11.1 Å². The predicted octanol–water partition coefficient (Wildman–Crippen LogP) is -0.197. The highest BCUT2D eigenvalue weighted by atomic mass is 32.2. The topological polar surface area (TPSA) is 144 Å². The Kier molecular flexibility index (Phi) is 4.23. The lowest BCUT2D eigenvalue weighted by Gasteiger charge is -2.30. The number of piperidine rings is 1. The normalized spacial score (nSPS) is 17.6. The average molecular weight is 316 g/mol. The second kappa shape index (κ2) is 5.77. The van der Waals surface area contributed by atoms with Crippen molar-refractivity contribution in [2.75, 3.05) is 30.4 Å². The number of rotatable bonds is 4. The zero-order chi connectivity index (χ0) is 15.6. The summed E-state index contributed by atoms with van der Waals surface area (Å²) in [5.74, 6) is 0.00183. The molecule has 1 saturated heterocycles. The maximum atomic E-state index is 11.4. The first-order valence-corrected chi connectivity index (χ1v) is 8.11. The van der Waals surface area contributed by atoms with Crippen LogP contribution in [0.3, 0.4) is 0 Å². The standard InChI is InChI=1S/C10H16N6O4S/c1-21(19,20)15-4-2-7(3-5-15)13-10-12-6-8(16(17)18)9(11)14-10/h6-7H,2-5H2,1H3,(H3,11,12,13,14). The lowest BCUT2D eigenvalue weighted by Crippen LogP contribution is -2.42. The number of nitro groups is 1. The molecule has 0 saturated carbocycles. The maximum absolute atomic E-state index is 11.4. The largest absolute Gasteiger partial charge is 0.378 e. The first-order chi connectivity index (χ1) is 9.77. The van der Waals surface area contributed by atoms with Gasteiger partial charge in [0.1, 0.15) is 6.20 Å². The van der Waals surface area contributed by atoms with Gasteiger partial charge in [0, 0.05) is 19.1 Å². The summed E-state index contributed by atoms with van der Waals surface area (Å²) in [6, 6.07) is 0.00357. The molecule has 1 aromatic heterocycles. The lowest BCUT2D eigenvalue weighted by molar-refractivity contribution is -0.384. The van der Waals surface area contributed by atoms with Gasteiger partial charge in [-0.25, -0.2) is 17.7 Å². The third-order valence-corrected chi connectivity index (χ3v) is 4.55. The molecule has 0 aliphatic carbocycles. The number of sulfonamides is 1. The Bertz CT molecular complexity index is 641. The van der Waals surface area contributed by atoms with Crippen LogP contribution in [0.5, 0.6) is 0 Å². The van der Waals surface area contributed by atoms with Gasteiger partial charge in [-0.3, -0.25) is 10.1 Å². The number of nitrogens with one attached hydrogen (secondary N) is 1. The quantitative estimate of drug-likeness (QED) is 0.574. The van der Waals surface area contributed by atoms with E-state index in [1.807, 2.05) is 0 Å². The minimum absolute atomic E-state index is 0.00357. The van der Waals surface area contributed by atoms with E-state index in [0.29, 0.717) is 25.9 Å². The fraction of sp³-hybridized carbons (Fsp3) is 0.600. The van der Waals surface area contributed by atoms with Crippen molar-refractivity contribution in [2.45, 2.75) is 18.9 Å². The van der Waals surface area contributed by atoms with Crippen molar-refractivity contribution in [2.24, 2.45) is 0 Å². The SMILES string of the molecule is CS(=O)(=O)N1CCC(Nc2ncc([N+](=O)[O-])c(N)n2)CC1. The average Bonchev–Trinajstić information content (AvgIpc) is 2.38. The summed E-state index contributed by atoms with van der Waals surface area (Å²) in [5.41, 5.74) is 5.15. The van der Waals surface area contributed by atoms with Gasteiger partial charge in [-0.05, 0) is 12.8 Å². The molecule has 0 radical (unpaired) electrons. The number of hydrogen-bond donors (Lipinski definition) is 2. The van der Waals surface area contributed by atoms with Crippen LogP contribution in [0.1, 0.15) is 12.8 Å². The Labute approximate surface area is 121 Å². The van der Waals surface area contributed by atoms with E-state index in [-0.39, 0.29) is 23.5 Å². The van der Waals surface area contributed by atoms with Crippen molar-refractivity contribution >= 4 is 27.5 Å². The van der Waals surface area contributed by atoms with Crippen LogP contribution in [0.4, 0.5) is 17.5 Å². The molecule has 0 amide bonds. The van der Waals surface area contributed by atoms with Gasteiger partial charge in [-0.15, -0.1) is 0 Å². The molecule has 1 fully saturated rings. The van der Waals surface area contributed by atoms with E-state index in [4.69, 9.17) is 5.73 Å². The molecule has 0 unspecified atom stereocenters. The number of aromatic nitrogens is 2. The van der Waals surface area contributed by atoms with Gasteiger partial charge in [-0.2, -0.15) is 4.98 Å². The van der Waals surface area contributed by atoms with Crippen LogP contribution >= 0.6 is 0 Å². The highest BCUT2D eigenvalue weighted by Crippen LogP contribution is 2.20. The second-order valence-corrected chi connectivity index (χ2v) is 6.78. The lowest BCUT2D eigenvalue weighted by atomic mass is 10.1. The van der Waals surface area contributed by atoms with E-state index in [0.717, 1.165) is 6.20 Å². The Balaban J connectivity index is 1.98. The molecule has 10 nitrogen and oxygen atoms in total. The molecule has 0 spiro atoms. The van der Waals surface area contributed by atoms with Crippen molar-refractivity contribution in [3.05, 3.63) is 16.3 Å². The predicted molar refractivity (Wildman–Crippen MR) is 76.2 cm³/mol. The van der Waals surface area contributed by atoms with Gasteiger partial charge in [0.2, 0.25) is 21.8 Å².